The minimum absolute atomic E-state index is 0.277. The second-order valence-corrected chi connectivity index (χ2v) is 7.82. The number of quaternary nitrogens is 1. The molecule has 1 fully saturated rings. The molecule has 3 nitrogen and oxygen atoms in total. The topological polar surface area (TPSA) is 46.1 Å². The maximum Gasteiger partial charge on any atom is 0.137 e. The van der Waals surface area contributed by atoms with Crippen molar-refractivity contribution >= 4 is 23.2 Å². The molecule has 0 amide bonds. The van der Waals surface area contributed by atoms with Crippen LogP contribution in [0.5, 0.6) is 5.75 Å². The third-order valence-corrected chi connectivity index (χ3v) is 5.18. The molecule has 1 aliphatic rings. The van der Waals surface area contributed by atoms with Crippen LogP contribution in [0.4, 0.5) is 0 Å². The van der Waals surface area contributed by atoms with E-state index in [9.17, 15) is 5.11 Å². The van der Waals surface area contributed by atoms with Crippen molar-refractivity contribution in [2.45, 2.75) is 16.9 Å². The van der Waals surface area contributed by atoms with E-state index in [2.05, 4.69) is 12.1 Å². The van der Waals surface area contributed by atoms with E-state index in [-0.39, 0.29) is 6.61 Å². The molecule has 5 heteroatoms. The van der Waals surface area contributed by atoms with Crippen LogP contribution >= 0.6 is 23.2 Å². The monoisotopic (exact) mass is 366 g/mol. The number of benzene rings is 2. The number of ether oxygens (including phenoxy) is 1. The van der Waals surface area contributed by atoms with E-state index in [4.69, 9.17) is 27.9 Å². The van der Waals surface area contributed by atoms with E-state index in [0.717, 1.165) is 24.3 Å². The molecule has 0 radical (unpaired) electrons. The molecule has 24 heavy (non-hydrogen) atoms. The molecular formula is C19H22Cl2NO2+. The molecule has 3 N–H and O–H groups in total. The van der Waals surface area contributed by atoms with E-state index in [0.29, 0.717) is 12.5 Å². The zero-order valence-corrected chi connectivity index (χ0v) is 14.9. The maximum atomic E-state index is 9.98. The van der Waals surface area contributed by atoms with Gasteiger partial charge in [0, 0.05) is 5.92 Å². The Kier molecular flexibility index (Phi) is 5.67. The Morgan fingerprint density at radius 3 is 2.33 bits per heavy atom. The number of alkyl halides is 2. The summed E-state index contributed by atoms with van der Waals surface area (Å²) in [7, 11) is 0. The van der Waals surface area contributed by atoms with Gasteiger partial charge in [0.15, 0.2) is 0 Å². The number of hydrogen-bond acceptors (Lipinski definition) is 2. The number of halogens is 2. The lowest BCUT2D eigenvalue weighted by Gasteiger charge is -2.12. The van der Waals surface area contributed by atoms with Crippen molar-refractivity contribution in [1.29, 1.82) is 0 Å². The first-order valence-electron chi connectivity index (χ1n) is 8.20. The van der Waals surface area contributed by atoms with Gasteiger partial charge in [0.2, 0.25) is 0 Å². The molecule has 3 rings (SSSR count). The molecule has 0 heterocycles. The first-order chi connectivity index (χ1) is 11.5. The maximum absolute atomic E-state index is 9.98. The van der Waals surface area contributed by atoms with Crippen molar-refractivity contribution in [3.05, 3.63) is 54.6 Å². The molecule has 0 saturated heterocycles. The van der Waals surface area contributed by atoms with Crippen molar-refractivity contribution in [3.8, 4) is 16.9 Å². The van der Waals surface area contributed by atoms with Crippen LogP contribution in [-0.2, 0) is 0 Å². The molecule has 2 aromatic carbocycles. The Labute approximate surface area is 152 Å². The summed E-state index contributed by atoms with van der Waals surface area (Å²) >= 11 is 12.0. The first kappa shape index (κ1) is 17.6. The summed E-state index contributed by atoms with van der Waals surface area (Å²) in [4.78, 5) is 0. The van der Waals surface area contributed by atoms with Gasteiger partial charge in [0.05, 0.1) is 6.54 Å². The second-order valence-electron chi connectivity index (χ2n) is 6.28. The molecule has 1 saturated carbocycles. The Morgan fingerprint density at radius 2 is 1.71 bits per heavy atom. The highest BCUT2D eigenvalue weighted by Crippen LogP contribution is 2.52. The van der Waals surface area contributed by atoms with Gasteiger partial charge in [-0.05, 0) is 29.7 Å². The van der Waals surface area contributed by atoms with Gasteiger partial charge < -0.3 is 15.2 Å². The summed E-state index contributed by atoms with van der Waals surface area (Å²) in [6, 6.07) is 18.1. The van der Waals surface area contributed by atoms with Gasteiger partial charge in [-0.2, -0.15) is 0 Å². The van der Waals surface area contributed by atoms with Gasteiger partial charge >= 0.3 is 0 Å². The van der Waals surface area contributed by atoms with Crippen LogP contribution in [-0.4, -0.2) is 35.2 Å². The lowest BCUT2D eigenvalue weighted by Crippen LogP contribution is -2.87. The Morgan fingerprint density at radius 1 is 1.08 bits per heavy atom. The van der Waals surface area contributed by atoms with Crippen molar-refractivity contribution in [2.75, 3.05) is 19.7 Å². The minimum atomic E-state index is -0.543. The highest BCUT2D eigenvalue weighted by atomic mass is 35.5. The van der Waals surface area contributed by atoms with Crippen LogP contribution in [0.25, 0.3) is 11.1 Å². The van der Waals surface area contributed by atoms with Crippen LogP contribution in [0.3, 0.4) is 0 Å². The van der Waals surface area contributed by atoms with E-state index < -0.39 is 10.4 Å². The lowest BCUT2D eigenvalue weighted by atomic mass is 10.1. The number of hydrogen-bond donors (Lipinski definition) is 2. The normalized spacial score (nSPS) is 19.7. The standard InChI is InChI=1S/C19H21Cl2NO2/c20-19(21)10-16(19)11-22-12-17(23)13-24-18-8-6-15(7-9-18)14-4-2-1-3-5-14/h1-9,16-17,22-23H,10-13H2/p+1/t16-,17+/m0/s1. The molecule has 1 aliphatic carbocycles. The van der Waals surface area contributed by atoms with Gasteiger partial charge in [0.1, 0.15) is 29.3 Å². The first-order valence-corrected chi connectivity index (χ1v) is 8.96. The van der Waals surface area contributed by atoms with E-state index >= 15 is 0 Å². The number of rotatable bonds is 8. The fourth-order valence-electron chi connectivity index (χ4n) is 2.65. The van der Waals surface area contributed by atoms with Crippen molar-refractivity contribution in [1.82, 2.24) is 0 Å². The van der Waals surface area contributed by atoms with Crippen LogP contribution < -0.4 is 10.1 Å². The van der Waals surface area contributed by atoms with Gasteiger partial charge in [-0.25, -0.2) is 0 Å². The molecule has 2 aromatic rings. The Balaban J connectivity index is 1.40. The third kappa shape index (κ3) is 4.87. The summed E-state index contributed by atoms with van der Waals surface area (Å²) in [6.45, 7) is 1.71. The van der Waals surface area contributed by atoms with Gasteiger partial charge in [-0.15, -0.1) is 23.2 Å². The zero-order chi connectivity index (χ0) is 17.0. The molecule has 128 valence electrons. The molecule has 0 unspecified atom stereocenters. The second kappa shape index (κ2) is 7.75. The van der Waals surface area contributed by atoms with Crippen molar-refractivity contribution < 1.29 is 15.2 Å². The lowest BCUT2D eigenvalue weighted by molar-refractivity contribution is -0.663. The van der Waals surface area contributed by atoms with Crippen LogP contribution in [0, 0.1) is 5.92 Å². The SMILES string of the molecule is O[C@H](C[NH2+]C[C@@H]1CC1(Cl)Cl)COc1ccc(-c2ccccc2)cc1. The summed E-state index contributed by atoms with van der Waals surface area (Å²) in [5.74, 6) is 1.09. The summed E-state index contributed by atoms with van der Waals surface area (Å²) in [5.41, 5.74) is 2.32. The number of nitrogens with two attached hydrogens (primary N) is 1. The molecule has 0 aromatic heterocycles. The van der Waals surface area contributed by atoms with Crippen LogP contribution in [0.15, 0.2) is 54.6 Å². The summed E-state index contributed by atoms with van der Waals surface area (Å²) in [5, 5.41) is 12.0. The Bertz CT molecular complexity index is 646. The molecule has 0 bridgehead atoms. The van der Waals surface area contributed by atoms with E-state index in [1.54, 1.807) is 0 Å². The molecule has 0 spiro atoms. The van der Waals surface area contributed by atoms with E-state index in [1.165, 1.54) is 5.56 Å². The minimum Gasteiger partial charge on any atom is -0.491 e. The van der Waals surface area contributed by atoms with Crippen molar-refractivity contribution in [2.24, 2.45) is 5.92 Å². The highest BCUT2D eigenvalue weighted by Gasteiger charge is 2.52. The van der Waals surface area contributed by atoms with Crippen LogP contribution in [0.2, 0.25) is 0 Å². The fourth-order valence-corrected chi connectivity index (χ4v) is 3.20. The average molecular weight is 367 g/mol. The summed E-state index contributed by atoms with van der Waals surface area (Å²) in [6.07, 6.45) is 0.324. The van der Waals surface area contributed by atoms with Crippen LogP contribution in [0.1, 0.15) is 6.42 Å². The smallest absolute Gasteiger partial charge is 0.137 e. The number of aliphatic hydroxyl groups excluding tert-OH is 1. The Hall–Kier alpha value is -1.26. The number of aliphatic hydroxyl groups is 1. The molecule has 0 aliphatic heterocycles. The molecule has 2 atom stereocenters. The summed E-state index contributed by atoms with van der Waals surface area (Å²) < 4.78 is 5.11. The van der Waals surface area contributed by atoms with Crippen molar-refractivity contribution in [3.63, 3.8) is 0 Å². The average Bonchev–Trinajstić information content (AvgIpc) is 3.21. The van der Waals surface area contributed by atoms with E-state index in [1.807, 2.05) is 47.8 Å². The highest BCUT2D eigenvalue weighted by molar-refractivity contribution is 6.50. The van der Waals surface area contributed by atoms with Gasteiger partial charge in [-0.3, -0.25) is 0 Å². The molecular weight excluding hydrogens is 345 g/mol. The van der Waals surface area contributed by atoms with Gasteiger partial charge in [0.25, 0.3) is 0 Å². The largest absolute Gasteiger partial charge is 0.491 e. The fraction of sp³-hybridized carbons (Fsp3) is 0.368. The predicted octanol–water partition coefficient (Wildman–Crippen LogP) is 2.85. The predicted molar refractivity (Wildman–Crippen MR) is 97.6 cm³/mol. The van der Waals surface area contributed by atoms with Gasteiger partial charge in [-0.1, -0.05) is 42.5 Å². The zero-order valence-electron chi connectivity index (χ0n) is 13.4. The quantitative estimate of drug-likeness (QED) is 0.705. The third-order valence-electron chi connectivity index (χ3n) is 4.25.